The number of nitrogens with zero attached hydrogens (tertiary/aromatic N) is 3. The number of rotatable bonds is 3. The Labute approximate surface area is 146 Å². The SMILES string of the molecule is O=C(Cn1cnc2ccc(F)cc2c1=O)Nc1cccc2ncccc12. The second-order valence-electron chi connectivity index (χ2n) is 5.76. The maximum atomic E-state index is 13.4. The number of hydrogen-bond acceptors (Lipinski definition) is 4. The monoisotopic (exact) mass is 348 g/mol. The Hall–Kier alpha value is -3.61. The van der Waals surface area contributed by atoms with Gasteiger partial charge in [-0.3, -0.25) is 19.1 Å². The minimum absolute atomic E-state index is 0.134. The lowest BCUT2D eigenvalue weighted by Crippen LogP contribution is -2.28. The Balaban J connectivity index is 1.63. The molecule has 4 rings (SSSR count). The highest BCUT2D eigenvalue weighted by molar-refractivity contribution is 6.00. The van der Waals surface area contributed by atoms with E-state index in [2.05, 4.69) is 15.3 Å². The molecular weight excluding hydrogens is 335 g/mol. The Bertz CT molecular complexity index is 1200. The van der Waals surface area contributed by atoms with Gasteiger partial charge < -0.3 is 5.32 Å². The number of carbonyl (C=O) groups is 1. The van der Waals surface area contributed by atoms with Gasteiger partial charge in [0.25, 0.3) is 5.56 Å². The molecule has 6 nitrogen and oxygen atoms in total. The van der Waals surface area contributed by atoms with Gasteiger partial charge in [-0.1, -0.05) is 6.07 Å². The predicted molar refractivity (Wildman–Crippen MR) is 96.3 cm³/mol. The van der Waals surface area contributed by atoms with Crippen LogP contribution in [0.5, 0.6) is 0 Å². The van der Waals surface area contributed by atoms with Gasteiger partial charge in [0.1, 0.15) is 12.4 Å². The zero-order valence-electron chi connectivity index (χ0n) is 13.5. The van der Waals surface area contributed by atoms with Gasteiger partial charge in [-0.2, -0.15) is 0 Å². The number of hydrogen-bond donors (Lipinski definition) is 1. The lowest BCUT2D eigenvalue weighted by Gasteiger charge is -2.10. The molecule has 0 radical (unpaired) electrons. The van der Waals surface area contributed by atoms with Crippen molar-refractivity contribution in [1.82, 2.24) is 14.5 Å². The molecule has 0 aliphatic rings. The molecule has 0 unspecified atom stereocenters. The van der Waals surface area contributed by atoms with Crippen LogP contribution < -0.4 is 10.9 Å². The van der Waals surface area contributed by atoms with Crippen LogP contribution in [0.1, 0.15) is 0 Å². The highest BCUT2D eigenvalue weighted by Gasteiger charge is 2.10. The van der Waals surface area contributed by atoms with Crippen molar-refractivity contribution in [3.05, 3.63) is 77.2 Å². The summed E-state index contributed by atoms with van der Waals surface area (Å²) in [7, 11) is 0. The summed E-state index contributed by atoms with van der Waals surface area (Å²) in [6, 6.07) is 12.8. The van der Waals surface area contributed by atoms with Gasteiger partial charge in [-0.15, -0.1) is 0 Å². The Morgan fingerprint density at radius 3 is 2.77 bits per heavy atom. The van der Waals surface area contributed by atoms with Crippen molar-refractivity contribution in [3.8, 4) is 0 Å². The molecule has 0 bridgehead atoms. The fourth-order valence-corrected chi connectivity index (χ4v) is 2.80. The number of anilines is 1. The molecule has 26 heavy (non-hydrogen) atoms. The fourth-order valence-electron chi connectivity index (χ4n) is 2.80. The lowest BCUT2D eigenvalue weighted by molar-refractivity contribution is -0.116. The average Bonchev–Trinajstić information content (AvgIpc) is 2.65. The molecule has 1 amide bonds. The van der Waals surface area contributed by atoms with E-state index in [1.807, 2.05) is 12.1 Å². The highest BCUT2D eigenvalue weighted by atomic mass is 19.1. The molecule has 0 atom stereocenters. The van der Waals surface area contributed by atoms with Crippen LogP contribution in [0, 0.1) is 5.82 Å². The molecule has 7 heteroatoms. The van der Waals surface area contributed by atoms with E-state index in [9.17, 15) is 14.0 Å². The van der Waals surface area contributed by atoms with E-state index in [1.165, 1.54) is 18.5 Å². The van der Waals surface area contributed by atoms with Crippen LogP contribution in [0.2, 0.25) is 0 Å². The van der Waals surface area contributed by atoms with Crippen LogP contribution in [-0.2, 0) is 11.3 Å². The molecule has 128 valence electrons. The van der Waals surface area contributed by atoms with Crippen LogP contribution >= 0.6 is 0 Å². The van der Waals surface area contributed by atoms with Gasteiger partial charge in [0, 0.05) is 11.6 Å². The maximum absolute atomic E-state index is 13.4. The third kappa shape index (κ3) is 2.90. The van der Waals surface area contributed by atoms with Crippen molar-refractivity contribution in [2.45, 2.75) is 6.54 Å². The van der Waals surface area contributed by atoms with Gasteiger partial charge >= 0.3 is 0 Å². The van der Waals surface area contributed by atoms with E-state index in [0.29, 0.717) is 11.2 Å². The molecular formula is C19H13FN4O2. The van der Waals surface area contributed by atoms with Crippen molar-refractivity contribution >= 4 is 33.4 Å². The van der Waals surface area contributed by atoms with E-state index in [0.717, 1.165) is 21.5 Å². The summed E-state index contributed by atoms with van der Waals surface area (Å²) in [4.78, 5) is 33.2. The number of amides is 1. The number of aromatic nitrogens is 3. The molecule has 2 heterocycles. The molecule has 2 aromatic heterocycles. The molecule has 0 aliphatic heterocycles. The van der Waals surface area contributed by atoms with Gasteiger partial charge in [0.05, 0.1) is 28.4 Å². The van der Waals surface area contributed by atoms with E-state index in [4.69, 9.17) is 0 Å². The minimum atomic E-state index is -0.526. The molecule has 1 N–H and O–H groups in total. The number of pyridine rings is 1. The standard InChI is InChI=1S/C19H13FN4O2/c20-12-6-7-16-14(9-12)19(26)24(11-22-16)10-18(25)23-17-5-1-4-15-13(17)3-2-8-21-15/h1-9,11H,10H2,(H,23,25). The van der Waals surface area contributed by atoms with Crippen LogP contribution in [0.15, 0.2) is 65.8 Å². The number of fused-ring (bicyclic) bond motifs is 2. The average molecular weight is 348 g/mol. The van der Waals surface area contributed by atoms with Crippen molar-refractivity contribution in [2.24, 2.45) is 0 Å². The van der Waals surface area contributed by atoms with Gasteiger partial charge in [-0.05, 0) is 42.5 Å². The Morgan fingerprint density at radius 2 is 1.88 bits per heavy atom. The summed E-state index contributed by atoms with van der Waals surface area (Å²) in [5.74, 6) is -0.914. The Morgan fingerprint density at radius 1 is 1.04 bits per heavy atom. The van der Waals surface area contributed by atoms with E-state index < -0.39 is 11.4 Å². The number of carbonyl (C=O) groups excluding carboxylic acids is 1. The second-order valence-corrected chi connectivity index (χ2v) is 5.76. The van der Waals surface area contributed by atoms with E-state index >= 15 is 0 Å². The highest BCUT2D eigenvalue weighted by Crippen LogP contribution is 2.21. The van der Waals surface area contributed by atoms with Crippen LogP contribution in [-0.4, -0.2) is 20.4 Å². The van der Waals surface area contributed by atoms with Crippen molar-refractivity contribution < 1.29 is 9.18 Å². The third-order valence-electron chi connectivity index (χ3n) is 4.02. The third-order valence-corrected chi connectivity index (χ3v) is 4.02. The minimum Gasteiger partial charge on any atom is -0.324 e. The summed E-state index contributed by atoms with van der Waals surface area (Å²) in [5, 5.41) is 3.71. The van der Waals surface area contributed by atoms with Crippen LogP contribution in [0.4, 0.5) is 10.1 Å². The van der Waals surface area contributed by atoms with Crippen molar-refractivity contribution in [2.75, 3.05) is 5.32 Å². The molecule has 0 saturated carbocycles. The summed E-state index contributed by atoms with van der Waals surface area (Å²) in [6.45, 7) is -0.227. The van der Waals surface area contributed by atoms with Crippen molar-refractivity contribution in [3.63, 3.8) is 0 Å². The molecule has 2 aromatic carbocycles. The van der Waals surface area contributed by atoms with Gasteiger partial charge in [0.2, 0.25) is 5.91 Å². The quantitative estimate of drug-likeness (QED) is 0.618. The molecule has 0 saturated heterocycles. The summed E-state index contributed by atoms with van der Waals surface area (Å²) in [6.07, 6.45) is 2.96. The van der Waals surface area contributed by atoms with Crippen LogP contribution in [0.25, 0.3) is 21.8 Å². The summed E-state index contributed by atoms with van der Waals surface area (Å²) in [5.41, 5.74) is 1.27. The van der Waals surface area contributed by atoms with E-state index in [1.54, 1.807) is 24.4 Å². The smallest absolute Gasteiger partial charge is 0.261 e. The van der Waals surface area contributed by atoms with Gasteiger partial charge in [-0.25, -0.2) is 9.37 Å². The first kappa shape index (κ1) is 15.9. The number of halogens is 1. The predicted octanol–water partition coefficient (Wildman–Crippen LogP) is 2.72. The van der Waals surface area contributed by atoms with Crippen LogP contribution in [0.3, 0.4) is 0 Å². The molecule has 0 aliphatic carbocycles. The number of nitrogens with one attached hydrogen (secondary N) is 1. The number of benzene rings is 2. The lowest BCUT2D eigenvalue weighted by atomic mass is 10.2. The molecule has 4 aromatic rings. The summed E-state index contributed by atoms with van der Waals surface area (Å²) < 4.78 is 14.5. The maximum Gasteiger partial charge on any atom is 0.261 e. The zero-order valence-corrected chi connectivity index (χ0v) is 13.5. The normalized spacial score (nSPS) is 11.0. The Kier molecular flexibility index (Phi) is 3.89. The molecule has 0 fully saturated rings. The van der Waals surface area contributed by atoms with E-state index in [-0.39, 0.29) is 17.8 Å². The zero-order chi connectivity index (χ0) is 18.1. The first-order valence-electron chi connectivity index (χ1n) is 7.90. The second kappa shape index (κ2) is 6.36. The van der Waals surface area contributed by atoms with Gasteiger partial charge in [0.15, 0.2) is 0 Å². The summed E-state index contributed by atoms with van der Waals surface area (Å²) >= 11 is 0. The first-order chi connectivity index (χ1) is 12.6. The largest absolute Gasteiger partial charge is 0.324 e. The first-order valence-corrected chi connectivity index (χ1v) is 7.90. The topological polar surface area (TPSA) is 76.9 Å². The molecule has 0 spiro atoms. The fraction of sp³-hybridized carbons (Fsp3) is 0.0526. The van der Waals surface area contributed by atoms with Crippen molar-refractivity contribution in [1.29, 1.82) is 0 Å².